The summed E-state index contributed by atoms with van der Waals surface area (Å²) in [5.74, 6) is 0.524. The molecule has 0 saturated carbocycles. The van der Waals surface area contributed by atoms with Crippen LogP contribution in [0.15, 0.2) is 58.7 Å². The predicted molar refractivity (Wildman–Crippen MR) is 113 cm³/mol. The number of carbonyl (C=O) groups excluding carboxylic acids is 1. The van der Waals surface area contributed by atoms with Crippen molar-refractivity contribution in [2.45, 2.75) is 19.0 Å². The minimum atomic E-state index is -0.359. The number of likely N-dealkylation sites (N-methyl/N-ethyl adjacent to an activating group) is 1. The van der Waals surface area contributed by atoms with E-state index in [9.17, 15) is 4.79 Å². The second-order valence-corrected chi connectivity index (χ2v) is 7.62. The summed E-state index contributed by atoms with van der Waals surface area (Å²) < 4.78 is 0. The first-order valence-corrected chi connectivity index (χ1v) is 10.1. The first kappa shape index (κ1) is 18.5. The fraction of sp³-hybridized carbons (Fsp3) is 0.300. The summed E-state index contributed by atoms with van der Waals surface area (Å²) in [5.41, 5.74) is 3.33. The summed E-state index contributed by atoms with van der Waals surface area (Å²) in [4.78, 5) is 27.8. The van der Waals surface area contributed by atoms with Crippen LogP contribution in [-0.4, -0.2) is 52.9 Å². The summed E-state index contributed by atoms with van der Waals surface area (Å²) >= 11 is 1.48. The number of amides is 2. The smallest absolute Gasteiger partial charge is 0.312 e. The number of carbonyl (C=O) groups is 1. The summed E-state index contributed by atoms with van der Waals surface area (Å²) in [6.45, 7) is 1.98. The van der Waals surface area contributed by atoms with E-state index < -0.39 is 0 Å². The molecule has 0 aliphatic carbocycles. The van der Waals surface area contributed by atoms with E-state index in [2.05, 4.69) is 44.7 Å². The molecule has 4 rings (SSSR count). The van der Waals surface area contributed by atoms with Crippen LogP contribution in [-0.2, 0) is 0 Å². The van der Waals surface area contributed by atoms with Crippen molar-refractivity contribution in [2.24, 2.45) is 4.99 Å². The van der Waals surface area contributed by atoms with Gasteiger partial charge in [0.25, 0.3) is 0 Å². The molecule has 2 aromatic rings. The average molecular weight is 395 g/mol. The SMILES string of the molecule is CN1CC=C(C2=NC(NC(=O)Nc3csc(-c4ccncc4)n3)C=CC2)CC1. The lowest BCUT2D eigenvalue weighted by Gasteiger charge is -2.24. The highest BCUT2D eigenvalue weighted by atomic mass is 32.1. The number of urea groups is 1. The number of dihydropyridines is 1. The first-order chi connectivity index (χ1) is 13.7. The van der Waals surface area contributed by atoms with Gasteiger partial charge in [0.05, 0.1) is 0 Å². The lowest BCUT2D eigenvalue weighted by atomic mass is 9.99. The van der Waals surface area contributed by atoms with Gasteiger partial charge in [-0.05, 0) is 37.3 Å². The van der Waals surface area contributed by atoms with Crippen molar-refractivity contribution in [3.8, 4) is 10.6 Å². The number of aromatic nitrogens is 2. The maximum atomic E-state index is 12.4. The van der Waals surface area contributed by atoms with E-state index in [1.807, 2.05) is 23.6 Å². The molecule has 2 aromatic heterocycles. The van der Waals surface area contributed by atoms with E-state index in [1.165, 1.54) is 16.9 Å². The Kier molecular flexibility index (Phi) is 5.59. The zero-order valence-electron chi connectivity index (χ0n) is 15.6. The molecular weight excluding hydrogens is 372 g/mol. The van der Waals surface area contributed by atoms with Crippen LogP contribution in [0.4, 0.5) is 10.6 Å². The van der Waals surface area contributed by atoms with Crippen molar-refractivity contribution in [3.05, 3.63) is 53.7 Å². The topological polar surface area (TPSA) is 82.5 Å². The van der Waals surface area contributed by atoms with E-state index in [0.717, 1.165) is 42.2 Å². The second-order valence-electron chi connectivity index (χ2n) is 6.77. The van der Waals surface area contributed by atoms with Crippen molar-refractivity contribution >= 4 is 28.9 Å². The molecule has 2 aliphatic heterocycles. The van der Waals surface area contributed by atoms with E-state index in [1.54, 1.807) is 12.4 Å². The van der Waals surface area contributed by atoms with Crippen molar-refractivity contribution in [1.29, 1.82) is 0 Å². The zero-order valence-corrected chi connectivity index (χ0v) is 16.4. The Morgan fingerprint density at radius 3 is 2.96 bits per heavy atom. The first-order valence-electron chi connectivity index (χ1n) is 9.22. The third-order valence-corrected chi connectivity index (χ3v) is 5.55. The lowest BCUT2D eigenvalue weighted by molar-refractivity contribution is 0.250. The molecular formula is C20H22N6OS. The van der Waals surface area contributed by atoms with Crippen LogP contribution >= 0.6 is 11.3 Å². The van der Waals surface area contributed by atoms with E-state index in [0.29, 0.717) is 5.82 Å². The molecule has 2 amide bonds. The fourth-order valence-corrected chi connectivity index (χ4v) is 3.90. The van der Waals surface area contributed by atoms with Gasteiger partial charge in [-0.2, -0.15) is 0 Å². The molecule has 7 nitrogen and oxygen atoms in total. The third kappa shape index (κ3) is 4.52. The van der Waals surface area contributed by atoms with Crippen molar-refractivity contribution in [3.63, 3.8) is 0 Å². The Balaban J connectivity index is 1.37. The van der Waals surface area contributed by atoms with Gasteiger partial charge in [0.15, 0.2) is 0 Å². The second kappa shape index (κ2) is 8.45. The number of rotatable bonds is 4. The van der Waals surface area contributed by atoms with Crippen LogP contribution in [0.5, 0.6) is 0 Å². The van der Waals surface area contributed by atoms with Crippen LogP contribution in [0.3, 0.4) is 0 Å². The number of allylic oxidation sites excluding steroid dienone is 1. The van der Waals surface area contributed by atoms with Gasteiger partial charge in [-0.15, -0.1) is 11.3 Å². The lowest BCUT2D eigenvalue weighted by Crippen LogP contribution is -2.37. The number of thiazole rings is 1. The number of hydrogen-bond donors (Lipinski definition) is 2. The number of aliphatic imine (C=N–C) groups is 1. The number of nitrogens with zero attached hydrogens (tertiary/aromatic N) is 4. The van der Waals surface area contributed by atoms with Gasteiger partial charge in [-0.1, -0.05) is 12.2 Å². The van der Waals surface area contributed by atoms with Crippen LogP contribution in [0.2, 0.25) is 0 Å². The molecule has 2 N–H and O–H groups in total. The molecule has 1 unspecified atom stereocenters. The summed E-state index contributed by atoms with van der Waals surface area (Å²) in [6, 6.07) is 3.47. The number of hydrogen-bond acceptors (Lipinski definition) is 6. The number of nitrogens with one attached hydrogen (secondary N) is 2. The molecule has 28 heavy (non-hydrogen) atoms. The average Bonchev–Trinajstić information content (AvgIpc) is 3.18. The Hall–Kier alpha value is -2.84. The molecule has 0 radical (unpaired) electrons. The highest BCUT2D eigenvalue weighted by Gasteiger charge is 2.18. The van der Waals surface area contributed by atoms with E-state index in [-0.39, 0.29) is 12.2 Å². The zero-order chi connectivity index (χ0) is 19.3. The minimum Gasteiger partial charge on any atom is -0.312 e. The largest absolute Gasteiger partial charge is 0.322 e. The molecule has 0 aromatic carbocycles. The number of pyridine rings is 1. The predicted octanol–water partition coefficient (Wildman–Crippen LogP) is 3.32. The molecule has 2 aliphatic rings. The van der Waals surface area contributed by atoms with Crippen molar-refractivity contribution in [2.75, 3.05) is 25.5 Å². The molecule has 1 atom stereocenters. The summed E-state index contributed by atoms with van der Waals surface area (Å²) in [6.07, 6.45) is 11.1. The monoisotopic (exact) mass is 394 g/mol. The van der Waals surface area contributed by atoms with Gasteiger partial charge < -0.3 is 10.2 Å². The van der Waals surface area contributed by atoms with Crippen molar-refractivity contribution < 1.29 is 4.79 Å². The summed E-state index contributed by atoms with van der Waals surface area (Å²) in [5, 5.41) is 8.34. The van der Waals surface area contributed by atoms with Gasteiger partial charge in [-0.25, -0.2) is 9.78 Å². The third-order valence-electron chi connectivity index (χ3n) is 4.66. The summed E-state index contributed by atoms with van der Waals surface area (Å²) in [7, 11) is 2.11. The highest BCUT2D eigenvalue weighted by molar-refractivity contribution is 7.13. The van der Waals surface area contributed by atoms with Gasteiger partial charge in [0.1, 0.15) is 17.0 Å². The highest BCUT2D eigenvalue weighted by Crippen LogP contribution is 2.25. The van der Waals surface area contributed by atoms with Crippen molar-refractivity contribution in [1.82, 2.24) is 20.2 Å². The normalized spacial score (nSPS) is 19.7. The molecule has 0 spiro atoms. The molecule has 0 saturated heterocycles. The Morgan fingerprint density at radius 1 is 1.32 bits per heavy atom. The number of anilines is 1. The fourth-order valence-electron chi connectivity index (χ4n) is 3.14. The molecule has 0 fully saturated rings. The molecule has 0 bridgehead atoms. The van der Waals surface area contributed by atoms with E-state index >= 15 is 0 Å². The Labute approximate surface area is 167 Å². The van der Waals surface area contributed by atoms with Gasteiger partial charge >= 0.3 is 6.03 Å². The molecule has 144 valence electrons. The quantitative estimate of drug-likeness (QED) is 0.780. The van der Waals surface area contributed by atoms with Gasteiger partial charge in [0.2, 0.25) is 0 Å². The van der Waals surface area contributed by atoms with Crippen LogP contribution in [0.1, 0.15) is 12.8 Å². The Morgan fingerprint density at radius 2 is 2.18 bits per heavy atom. The standard InChI is InChI=1S/C20H22N6OS/c1-26-11-7-14(8-12-26)16-3-2-4-17(22-16)24-20(27)25-18-13-28-19(23-18)15-5-9-21-10-6-15/h2,4-7,9-10,13,17H,3,8,11-12H2,1H3,(H2,24,25,27). The molecule has 8 heteroatoms. The van der Waals surface area contributed by atoms with Gasteiger partial charge in [-0.3, -0.25) is 15.3 Å². The minimum absolute atomic E-state index is 0.316. The van der Waals surface area contributed by atoms with Crippen LogP contribution in [0, 0.1) is 0 Å². The van der Waals surface area contributed by atoms with E-state index in [4.69, 9.17) is 4.99 Å². The maximum Gasteiger partial charge on any atom is 0.322 e. The van der Waals surface area contributed by atoms with Crippen LogP contribution in [0.25, 0.3) is 10.6 Å². The Bertz CT molecular complexity index is 933. The maximum absolute atomic E-state index is 12.4. The van der Waals surface area contributed by atoms with Crippen LogP contribution < -0.4 is 10.6 Å². The van der Waals surface area contributed by atoms with Gasteiger partial charge in [0, 0.05) is 48.6 Å². The molecule has 4 heterocycles.